The zero-order valence-corrected chi connectivity index (χ0v) is 16.2. The van der Waals surface area contributed by atoms with E-state index in [0.717, 1.165) is 42.2 Å². The SMILES string of the molecule is Cc1cc(N2CCn3c(nc4ccccc43)C2)ccc1NC(=O)CC(C)C. The molecule has 0 saturated carbocycles. The number of hydrogen-bond acceptors (Lipinski definition) is 3. The first kappa shape index (κ1) is 17.6. The first-order valence-electron chi connectivity index (χ1n) is 9.61. The molecule has 140 valence electrons. The number of para-hydroxylation sites is 2. The van der Waals surface area contributed by atoms with Crippen LogP contribution in [0, 0.1) is 12.8 Å². The highest BCUT2D eigenvalue weighted by Gasteiger charge is 2.20. The molecule has 2 heterocycles. The minimum atomic E-state index is 0.0764. The molecule has 1 aliphatic rings. The molecule has 0 saturated heterocycles. The van der Waals surface area contributed by atoms with Crippen molar-refractivity contribution < 1.29 is 4.79 Å². The number of aromatic nitrogens is 2. The fourth-order valence-electron chi connectivity index (χ4n) is 3.74. The van der Waals surface area contributed by atoms with Gasteiger partial charge in [-0.1, -0.05) is 26.0 Å². The van der Waals surface area contributed by atoms with Gasteiger partial charge in [0.2, 0.25) is 5.91 Å². The molecule has 27 heavy (non-hydrogen) atoms. The van der Waals surface area contributed by atoms with E-state index in [1.54, 1.807) is 0 Å². The molecule has 5 nitrogen and oxygen atoms in total. The highest BCUT2D eigenvalue weighted by molar-refractivity contribution is 5.91. The second kappa shape index (κ2) is 7.06. The predicted molar refractivity (Wildman–Crippen MR) is 110 cm³/mol. The van der Waals surface area contributed by atoms with Crippen LogP contribution in [0.2, 0.25) is 0 Å². The Bertz CT molecular complexity index is 989. The minimum Gasteiger partial charge on any atom is -0.362 e. The smallest absolute Gasteiger partial charge is 0.224 e. The van der Waals surface area contributed by atoms with Crippen LogP contribution in [-0.4, -0.2) is 22.0 Å². The maximum Gasteiger partial charge on any atom is 0.224 e. The topological polar surface area (TPSA) is 50.2 Å². The average Bonchev–Trinajstić information content (AvgIpc) is 3.00. The van der Waals surface area contributed by atoms with Gasteiger partial charge in [-0.15, -0.1) is 0 Å². The number of rotatable bonds is 4. The molecule has 0 spiro atoms. The van der Waals surface area contributed by atoms with Crippen molar-refractivity contribution in [1.29, 1.82) is 0 Å². The van der Waals surface area contributed by atoms with Crippen LogP contribution >= 0.6 is 0 Å². The Morgan fingerprint density at radius 1 is 1.19 bits per heavy atom. The van der Waals surface area contributed by atoms with E-state index in [4.69, 9.17) is 4.98 Å². The highest BCUT2D eigenvalue weighted by atomic mass is 16.1. The van der Waals surface area contributed by atoms with Gasteiger partial charge in [-0.2, -0.15) is 0 Å². The quantitative estimate of drug-likeness (QED) is 0.751. The molecule has 1 amide bonds. The number of benzene rings is 2. The highest BCUT2D eigenvalue weighted by Crippen LogP contribution is 2.28. The van der Waals surface area contributed by atoms with Gasteiger partial charge in [-0.05, 0) is 48.7 Å². The second-order valence-electron chi connectivity index (χ2n) is 7.74. The van der Waals surface area contributed by atoms with Crippen molar-refractivity contribution in [3.05, 3.63) is 53.9 Å². The fraction of sp³-hybridized carbons (Fsp3) is 0.364. The van der Waals surface area contributed by atoms with Crippen LogP contribution < -0.4 is 10.2 Å². The van der Waals surface area contributed by atoms with E-state index in [1.807, 2.05) is 19.1 Å². The van der Waals surface area contributed by atoms with Gasteiger partial charge in [0.1, 0.15) is 5.82 Å². The van der Waals surface area contributed by atoms with E-state index in [1.165, 1.54) is 11.2 Å². The van der Waals surface area contributed by atoms with Crippen molar-refractivity contribution in [2.24, 2.45) is 5.92 Å². The van der Waals surface area contributed by atoms with Crippen molar-refractivity contribution in [1.82, 2.24) is 9.55 Å². The molecular formula is C22H26N4O. The number of hydrogen-bond donors (Lipinski definition) is 1. The zero-order valence-electron chi connectivity index (χ0n) is 16.2. The average molecular weight is 362 g/mol. The normalized spacial score (nSPS) is 13.9. The van der Waals surface area contributed by atoms with Crippen LogP contribution in [0.15, 0.2) is 42.5 Å². The van der Waals surface area contributed by atoms with E-state index in [0.29, 0.717) is 12.3 Å². The van der Waals surface area contributed by atoms with Gasteiger partial charge in [0.15, 0.2) is 0 Å². The number of nitrogens with zero attached hydrogens (tertiary/aromatic N) is 3. The molecule has 4 rings (SSSR count). The Morgan fingerprint density at radius 2 is 2.00 bits per heavy atom. The van der Waals surface area contributed by atoms with E-state index < -0.39 is 0 Å². The number of imidazole rings is 1. The first-order chi connectivity index (χ1) is 13.0. The monoisotopic (exact) mass is 362 g/mol. The van der Waals surface area contributed by atoms with Crippen LogP contribution in [0.3, 0.4) is 0 Å². The lowest BCUT2D eigenvalue weighted by molar-refractivity contribution is -0.116. The van der Waals surface area contributed by atoms with Crippen LogP contribution in [-0.2, 0) is 17.9 Å². The summed E-state index contributed by atoms with van der Waals surface area (Å²) in [7, 11) is 0. The second-order valence-corrected chi connectivity index (χ2v) is 7.74. The van der Waals surface area contributed by atoms with Gasteiger partial charge in [-0.25, -0.2) is 4.98 Å². The molecule has 1 N–H and O–H groups in total. The Labute approximate surface area is 160 Å². The third-order valence-electron chi connectivity index (χ3n) is 5.10. The van der Waals surface area contributed by atoms with Crippen LogP contribution in [0.25, 0.3) is 11.0 Å². The van der Waals surface area contributed by atoms with Gasteiger partial charge in [0, 0.05) is 30.9 Å². The van der Waals surface area contributed by atoms with Crippen molar-refractivity contribution in [2.75, 3.05) is 16.8 Å². The van der Waals surface area contributed by atoms with Crippen molar-refractivity contribution in [3.8, 4) is 0 Å². The Hall–Kier alpha value is -2.82. The number of fused-ring (bicyclic) bond motifs is 3. The molecule has 0 aliphatic carbocycles. The third-order valence-corrected chi connectivity index (χ3v) is 5.10. The van der Waals surface area contributed by atoms with Crippen LogP contribution in [0.1, 0.15) is 31.7 Å². The fourth-order valence-corrected chi connectivity index (χ4v) is 3.74. The van der Waals surface area contributed by atoms with E-state index in [2.05, 4.69) is 59.0 Å². The molecule has 2 aromatic carbocycles. The number of carbonyl (C=O) groups is 1. The van der Waals surface area contributed by atoms with Crippen molar-refractivity contribution in [3.63, 3.8) is 0 Å². The summed E-state index contributed by atoms with van der Waals surface area (Å²) in [6, 6.07) is 14.6. The van der Waals surface area contributed by atoms with Crippen LogP contribution in [0.5, 0.6) is 0 Å². The van der Waals surface area contributed by atoms with Gasteiger partial charge in [-0.3, -0.25) is 4.79 Å². The van der Waals surface area contributed by atoms with Crippen molar-refractivity contribution in [2.45, 2.75) is 40.3 Å². The zero-order chi connectivity index (χ0) is 19.0. The summed E-state index contributed by atoms with van der Waals surface area (Å²) in [4.78, 5) is 19.2. The number of anilines is 2. The molecule has 0 radical (unpaired) electrons. The van der Waals surface area contributed by atoms with E-state index >= 15 is 0 Å². The molecule has 0 atom stereocenters. The van der Waals surface area contributed by atoms with Gasteiger partial charge in [0.25, 0.3) is 0 Å². The number of amides is 1. The summed E-state index contributed by atoms with van der Waals surface area (Å²) in [6.07, 6.45) is 0.545. The molecule has 3 aromatic rings. The lowest BCUT2D eigenvalue weighted by atomic mass is 10.1. The third kappa shape index (κ3) is 3.54. The number of carbonyl (C=O) groups excluding carboxylic acids is 1. The summed E-state index contributed by atoms with van der Waals surface area (Å²) >= 11 is 0. The van der Waals surface area contributed by atoms with Gasteiger partial charge < -0.3 is 14.8 Å². The van der Waals surface area contributed by atoms with Gasteiger partial charge >= 0.3 is 0 Å². The Kier molecular flexibility index (Phi) is 4.60. The van der Waals surface area contributed by atoms with Crippen LogP contribution in [0.4, 0.5) is 11.4 Å². The Balaban J connectivity index is 1.52. The summed E-state index contributed by atoms with van der Waals surface area (Å²) in [5, 5.41) is 3.03. The molecule has 0 bridgehead atoms. The molecular weight excluding hydrogens is 336 g/mol. The van der Waals surface area contributed by atoms with Crippen molar-refractivity contribution >= 4 is 28.3 Å². The predicted octanol–water partition coefficient (Wildman–Crippen LogP) is 4.35. The van der Waals surface area contributed by atoms with Gasteiger partial charge in [0.05, 0.1) is 17.6 Å². The summed E-state index contributed by atoms with van der Waals surface area (Å²) < 4.78 is 2.32. The minimum absolute atomic E-state index is 0.0764. The summed E-state index contributed by atoms with van der Waals surface area (Å²) in [5.41, 5.74) is 5.44. The summed E-state index contributed by atoms with van der Waals surface area (Å²) in [5.74, 6) is 1.54. The maximum absolute atomic E-state index is 12.1. The molecule has 0 unspecified atom stereocenters. The first-order valence-corrected chi connectivity index (χ1v) is 9.61. The van der Waals surface area contributed by atoms with E-state index in [-0.39, 0.29) is 5.91 Å². The molecule has 1 aliphatic heterocycles. The lowest BCUT2D eigenvalue weighted by Crippen LogP contribution is -2.33. The molecule has 1 aromatic heterocycles. The number of nitrogens with one attached hydrogen (secondary N) is 1. The standard InChI is InChI=1S/C22H26N4O/c1-15(2)12-22(27)24-18-9-8-17(13-16(18)3)25-10-11-26-20-7-5-4-6-19(20)23-21(26)14-25/h4-9,13,15H,10-12,14H2,1-3H3,(H,24,27). The number of aryl methyl sites for hydroxylation is 1. The van der Waals surface area contributed by atoms with E-state index in [9.17, 15) is 4.79 Å². The Morgan fingerprint density at radius 3 is 2.78 bits per heavy atom. The maximum atomic E-state index is 12.1. The summed E-state index contributed by atoms with van der Waals surface area (Å²) in [6.45, 7) is 8.84. The lowest BCUT2D eigenvalue weighted by Gasteiger charge is -2.30. The largest absolute Gasteiger partial charge is 0.362 e. The molecule has 5 heteroatoms. The molecule has 0 fully saturated rings.